The Hall–Kier alpha value is -0.480. The second-order valence-electron chi connectivity index (χ2n) is 2.72. The summed E-state index contributed by atoms with van der Waals surface area (Å²) in [5, 5.41) is 0.862. The zero-order chi connectivity index (χ0) is 11.1. The van der Waals surface area contributed by atoms with E-state index in [0.29, 0.717) is 29.0 Å². The van der Waals surface area contributed by atoms with Crippen molar-refractivity contribution < 1.29 is 14.2 Å². The Morgan fingerprint density at radius 1 is 1.20 bits per heavy atom. The molecule has 0 aromatic heterocycles. The summed E-state index contributed by atoms with van der Waals surface area (Å²) >= 11 is 11.7. The average Bonchev–Trinajstić information content (AvgIpc) is 2.24. The highest BCUT2D eigenvalue weighted by molar-refractivity contribution is 6.42. The van der Waals surface area contributed by atoms with Crippen LogP contribution in [0.3, 0.4) is 0 Å². The number of benzene rings is 1. The highest BCUT2D eigenvalue weighted by Crippen LogP contribution is 2.31. The molecule has 15 heavy (non-hydrogen) atoms. The van der Waals surface area contributed by atoms with Crippen molar-refractivity contribution in [2.75, 3.05) is 27.1 Å². The van der Waals surface area contributed by atoms with Gasteiger partial charge in [0.15, 0.2) is 6.79 Å². The van der Waals surface area contributed by atoms with E-state index in [2.05, 4.69) is 0 Å². The van der Waals surface area contributed by atoms with Crippen LogP contribution in [0.2, 0.25) is 10.0 Å². The molecule has 0 N–H and O–H groups in total. The van der Waals surface area contributed by atoms with Gasteiger partial charge in [-0.1, -0.05) is 29.3 Å². The Bertz CT molecular complexity index is 305. The molecule has 0 amide bonds. The minimum absolute atomic E-state index is 0.128. The number of hydrogen-bond donors (Lipinski definition) is 0. The Balaban J connectivity index is 2.34. The normalized spacial score (nSPS) is 10.3. The minimum atomic E-state index is 0.128. The highest BCUT2D eigenvalue weighted by atomic mass is 35.5. The van der Waals surface area contributed by atoms with Crippen LogP contribution in [0.15, 0.2) is 18.2 Å². The molecule has 1 aromatic rings. The van der Waals surface area contributed by atoms with Gasteiger partial charge < -0.3 is 14.2 Å². The molecule has 1 rings (SSSR count). The van der Waals surface area contributed by atoms with Crippen LogP contribution < -0.4 is 4.74 Å². The SMILES string of the molecule is COCCOCOc1cccc(Cl)c1Cl. The third-order valence-corrected chi connectivity index (χ3v) is 2.45. The molecule has 0 aliphatic heterocycles. The number of rotatable bonds is 6. The first-order valence-electron chi connectivity index (χ1n) is 4.39. The summed E-state index contributed by atoms with van der Waals surface area (Å²) in [7, 11) is 1.61. The summed E-state index contributed by atoms with van der Waals surface area (Å²) in [6.07, 6.45) is 0. The number of ether oxygens (including phenoxy) is 3. The summed E-state index contributed by atoms with van der Waals surface area (Å²) < 4.78 is 15.2. The maximum Gasteiger partial charge on any atom is 0.189 e. The Kier molecular flexibility index (Phi) is 5.79. The lowest BCUT2D eigenvalue weighted by Gasteiger charge is -2.08. The van der Waals surface area contributed by atoms with Crippen molar-refractivity contribution >= 4 is 23.2 Å². The van der Waals surface area contributed by atoms with E-state index in [1.165, 1.54) is 0 Å². The standard InChI is InChI=1S/C10H12Cl2O3/c1-13-5-6-14-7-15-9-4-2-3-8(11)10(9)12/h2-4H,5-7H2,1H3. The predicted molar refractivity (Wildman–Crippen MR) is 59.8 cm³/mol. The van der Waals surface area contributed by atoms with Gasteiger partial charge in [0.1, 0.15) is 10.8 Å². The molecule has 0 saturated carbocycles. The molecule has 1 aromatic carbocycles. The molecule has 0 aliphatic carbocycles. The van der Waals surface area contributed by atoms with Gasteiger partial charge in [-0.25, -0.2) is 0 Å². The van der Waals surface area contributed by atoms with Crippen LogP contribution in [0.4, 0.5) is 0 Å². The molecular weight excluding hydrogens is 239 g/mol. The van der Waals surface area contributed by atoms with E-state index in [1.54, 1.807) is 25.3 Å². The summed E-state index contributed by atoms with van der Waals surface area (Å²) in [6, 6.07) is 5.19. The predicted octanol–water partition coefficient (Wildman–Crippen LogP) is 2.99. The lowest BCUT2D eigenvalue weighted by molar-refractivity contribution is -0.00842. The average molecular weight is 251 g/mol. The summed E-state index contributed by atoms with van der Waals surface area (Å²) in [6.45, 7) is 1.14. The van der Waals surface area contributed by atoms with Crippen molar-refractivity contribution in [1.29, 1.82) is 0 Å². The van der Waals surface area contributed by atoms with Crippen LogP contribution in [0.25, 0.3) is 0 Å². The summed E-state index contributed by atoms with van der Waals surface area (Å²) in [4.78, 5) is 0. The Morgan fingerprint density at radius 2 is 2.00 bits per heavy atom. The van der Waals surface area contributed by atoms with Crippen molar-refractivity contribution in [3.8, 4) is 5.75 Å². The van der Waals surface area contributed by atoms with Crippen LogP contribution in [0.5, 0.6) is 5.75 Å². The van der Waals surface area contributed by atoms with Crippen molar-refractivity contribution in [2.24, 2.45) is 0 Å². The minimum Gasteiger partial charge on any atom is -0.466 e. The molecule has 0 aliphatic rings. The van der Waals surface area contributed by atoms with Crippen LogP contribution >= 0.6 is 23.2 Å². The lowest BCUT2D eigenvalue weighted by Crippen LogP contribution is -2.07. The third-order valence-electron chi connectivity index (χ3n) is 1.65. The molecule has 0 heterocycles. The van der Waals surface area contributed by atoms with Gasteiger partial charge in [0.25, 0.3) is 0 Å². The van der Waals surface area contributed by atoms with E-state index in [1.807, 2.05) is 0 Å². The molecule has 0 atom stereocenters. The van der Waals surface area contributed by atoms with Crippen LogP contribution in [-0.2, 0) is 9.47 Å². The summed E-state index contributed by atoms with van der Waals surface area (Å²) in [5.41, 5.74) is 0. The second kappa shape index (κ2) is 6.90. The largest absolute Gasteiger partial charge is 0.466 e. The molecule has 0 unspecified atom stereocenters. The maximum atomic E-state index is 5.90. The fourth-order valence-corrected chi connectivity index (χ4v) is 1.25. The quantitative estimate of drug-likeness (QED) is 0.574. The third kappa shape index (κ3) is 4.26. The smallest absolute Gasteiger partial charge is 0.189 e. The van der Waals surface area contributed by atoms with E-state index < -0.39 is 0 Å². The fourth-order valence-electron chi connectivity index (χ4n) is 0.902. The van der Waals surface area contributed by atoms with Crippen LogP contribution in [0.1, 0.15) is 0 Å². The molecule has 0 bridgehead atoms. The van der Waals surface area contributed by atoms with Crippen molar-refractivity contribution in [2.45, 2.75) is 0 Å². The fraction of sp³-hybridized carbons (Fsp3) is 0.400. The maximum absolute atomic E-state index is 5.90. The lowest BCUT2D eigenvalue weighted by atomic mass is 10.3. The van der Waals surface area contributed by atoms with Gasteiger partial charge >= 0.3 is 0 Å². The topological polar surface area (TPSA) is 27.7 Å². The molecular formula is C10H12Cl2O3. The zero-order valence-electron chi connectivity index (χ0n) is 8.33. The Morgan fingerprint density at radius 3 is 2.73 bits per heavy atom. The van der Waals surface area contributed by atoms with Gasteiger partial charge in [-0.15, -0.1) is 0 Å². The first-order chi connectivity index (χ1) is 7.25. The van der Waals surface area contributed by atoms with Crippen molar-refractivity contribution in [3.05, 3.63) is 28.2 Å². The van der Waals surface area contributed by atoms with Crippen molar-refractivity contribution in [3.63, 3.8) is 0 Å². The second-order valence-corrected chi connectivity index (χ2v) is 3.50. The van der Waals surface area contributed by atoms with E-state index in [4.69, 9.17) is 37.4 Å². The van der Waals surface area contributed by atoms with E-state index in [-0.39, 0.29) is 6.79 Å². The first kappa shape index (κ1) is 12.6. The van der Waals surface area contributed by atoms with E-state index in [0.717, 1.165) is 0 Å². The Labute approximate surface area is 98.8 Å². The monoisotopic (exact) mass is 250 g/mol. The molecule has 3 nitrogen and oxygen atoms in total. The van der Waals surface area contributed by atoms with E-state index >= 15 is 0 Å². The molecule has 0 radical (unpaired) electrons. The first-order valence-corrected chi connectivity index (χ1v) is 5.14. The highest BCUT2D eigenvalue weighted by Gasteiger charge is 2.04. The molecule has 84 valence electrons. The molecule has 0 fully saturated rings. The molecule has 0 spiro atoms. The van der Waals surface area contributed by atoms with Crippen molar-refractivity contribution in [1.82, 2.24) is 0 Å². The molecule has 0 saturated heterocycles. The van der Waals surface area contributed by atoms with Gasteiger partial charge in [0.05, 0.1) is 18.2 Å². The van der Waals surface area contributed by atoms with Gasteiger partial charge in [0.2, 0.25) is 0 Å². The van der Waals surface area contributed by atoms with Gasteiger partial charge in [0, 0.05) is 7.11 Å². The molecule has 5 heteroatoms. The summed E-state index contributed by atoms with van der Waals surface area (Å²) in [5.74, 6) is 0.515. The van der Waals surface area contributed by atoms with Gasteiger partial charge in [-0.2, -0.15) is 0 Å². The number of hydrogen-bond acceptors (Lipinski definition) is 3. The van der Waals surface area contributed by atoms with Crippen LogP contribution in [-0.4, -0.2) is 27.1 Å². The number of halogens is 2. The van der Waals surface area contributed by atoms with Crippen LogP contribution in [0, 0.1) is 0 Å². The van der Waals surface area contributed by atoms with Gasteiger partial charge in [-0.3, -0.25) is 0 Å². The van der Waals surface area contributed by atoms with E-state index in [9.17, 15) is 0 Å². The zero-order valence-corrected chi connectivity index (χ0v) is 9.85. The van der Waals surface area contributed by atoms with Gasteiger partial charge in [-0.05, 0) is 12.1 Å². The number of methoxy groups -OCH3 is 1.